The maximum Gasteiger partial charge on any atom is 0.238 e. The summed E-state index contributed by atoms with van der Waals surface area (Å²) in [7, 11) is 1.80. The van der Waals surface area contributed by atoms with E-state index in [2.05, 4.69) is 76.4 Å². The molecule has 0 radical (unpaired) electrons. The van der Waals surface area contributed by atoms with Gasteiger partial charge in [0.1, 0.15) is 0 Å². The van der Waals surface area contributed by atoms with Crippen molar-refractivity contribution in [1.29, 1.82) is 0 Å². The lowest BCUT2D eigenvalue weighted by Crippen LogP contribution is -2.60. The molecule has 0 bridgehead atoms. The third kappa shape index (κ3) is 8.90. The number of Topliss-reactive ketones (excluding diaryl/α,β-unsaturated/α-hetero) is 2. The maximum atomic E-state index is 14.0. The van der Waals surface area contributed by atoms with Crippen LogP contribution >= 0.6 is 0 Å². The van der Waals surface area contributed by atoms with Crippen LogP contribution in [-0.4, -0.2) is 36.6 Å². The van der Waals surface area contributed by atoms with Crippen molar-refractivity contribution in [1.82, 2.24) is 10.6 Å². The highest BCUT2D eigenvalue weighted by molar-refractivity contribution is 5.94. The number of likely N-dealkylation sites (N-methyl/N-ethyl adjacent to an activating group) is 1. The highest BCUT2D eigenvalue weighted by atomic mass is 16.2. The SMILES string of the molecule is CNC(C(=O)N[C@H](C(=O)C(C)[C@H](/C=C(\C)C(C)=O)C(C)C)C(C)(C)C)C(C)(C)c1cccc(CC(C)C)c1. The molecule has 0 spiro atoms. The lowest BCUT2D eigenvalue weighted by Gasteiger charge is -2.38. The molecule has 2 unspecified atom stereocenters. The number of rotatable bonds is 13. The first-order chi connectivity index (χ1) is 17.3. The van der Waals surface area contributed by atoms with Gasteiger partial charge < -0.3 is 10.6 Å². The average molecular weight is 527 g/mol. The normalized spacial score (nSPS) is 16.2. The van der Waals surface area contributed by atoms with Crippen molar-refractivity contribution in [3.63, 3.8) is 0 Å². The number of ketones is 2. The van der Waals surface area contributed by atoms with E-state index >= 15 is 0 Å². The molecule has 214 valence electrons. The van der Waals surface area contributed by atoms with E-state index in [9.17, 15) is 14.4 Å². The minimum Gasteiger partial charge on any atom is -0.344 e. The largest absolute Gasteiger partial charge is 0.344 e. The second-order valence-electron chi connectivity index (χ2n) is 13.5. The zero-order chi connectivity index (χ0) is 29.6. The Morgan fingerprint density at radius 1 is 0.921 bits per heavy atom. The lowest BCUT2D eigenvalue weighted by molar-refractivity contribution is -0.135. The van der Waals surface area contributed by atoms with Gasteiger partial charge in [-0.15, -0.1) is 0 Å². The summed E-state index contributed by atoms with van der Waals surface area (Å²) in [4.78, 5) is 39.7. The summed E-state index contributed by atoms with van der Waals surface area (Å²) in [5, 5.41) is 6.38. The maximum absolute atomic E-state index is 14.0. The van der Waals surface area contributed by atoms with E-state index in [1.807, 2.05) is 33.8 Å². The molecule has 1 amide bonds. The molecular formula is C33H54N2O3. The number of amides is 1. The van der Waals surface area contributed by atoms with Crippen LogP contribution in [0, 0.1) is 29.1 Å². The number of allylic oxidation sites excluding steroid dienone is 2. The zero-order valence-corrected chi connectivity index (χ0v) is 26.3. The van der Waals surface area contributed by atoms with Gasteiger partial charge >= 0.3 is 0 Å². The van der Waals surface area contributed by atoms with Crippen molar-refractivity contribution >= 4 is 17.5 Å². The van der Waals surface area contributed by atoms with Crippen molar-refractivity contribution in [2.24, 2.45) is 29.1 Å². The van der Waals surface area contributed by atoms with Crippen molar-refractivity contribution in [3.8, 4) is 0 Å². The molecule has 0 saturated heterocycles. The Bertz CT molecular complexity index is 998. The number of carbonyl (C=O) groups excluding carboxylic acids is 3. The molecule has 4 atom stereocenters. The monoisotopic (exact) mass is 526 g/mol. The van der Waals surface area contributed by atoms with E-state index in [1.54, 1.807) is 20.9 Å². The van der Waals surface area contributed by atoms with Crippen LogP contribution in [-0.2, 0) is 26.2 Å². The molecule has 5 nitrogen and oxygen atoms in total. The second-order valence-corrected chi connectivity index (χ2v) is 13.5. The van der Waals surface area contributed by atoms with E-state index < -0.39 is 22.9 Å². The van der Waals surface area contributed by atoms with E-state index in [4.69, 9.17) is 0 Å². The summed E-state index contributed by atoms with van der Waals surface area (Å²) in [6.45, 7) is 23.9. The van der Waals surface area contributed by atoms with E-state index in [0.29, 0.717) is 11.5 Å². The van der Waals surface area contributed by atoms with Crippen LogP contribution in [0.25, 0.3) is 0 Å². The fraction of sp³-hybridized carbons (Fsp3) is 0.667. The van der Waals surface area contributed by atoms with Crippen LogP contribution in [0.4, 0.5) is 0 Å². The predicted molar refractivity (Wildman–Crippen MR) is 159 cm³/mol. The molecule has 0 aromatic heterocycles. The van der Waals surface area contributed by atoms with Crippen molar-refractivity contribution in [3.05, 3.63) is 47.0 Å². The van der Waals surface area contributed by atoms with Gasteiger partial charge in [-0.2, -0.15) is 0 Å². The van der Waals surface area contributed by atoms with Gasteiger partial charge in [-0.05, 0) is 67.2 Å². The summed E-state index contributed by atoms with van der Waals surface area (Å²) in [6.07, 6.45) is 2.91. The molecule has 1 aromatic carbocycles. The van der Waals surface area contributed by atoms with Crippen LogP contribution in [0.15, 0.2) is 35.9 Å². The van der Waals surface area contributed by atoms with Gasteiger partial charge in [-0.1, -0.05) is 99.6 Å². The predicted octanol–water partition coefficient (Wildman–Crippen LogP) is 6.29. The summed E-state index contributed by atoms with van der Waals surface area (Å²) in [5.74, 6) is 0.0544. The molecule has 0 aliphatic rings. The van der Waals surface area contributed by atoms with Crippen LogP contribution in [0.3, 0.4) is 0 Å². The van der Waals surface area contributed by atoms with Crippen molar-refractivity contribution in [2.75, 3.05) is 7.05 Å². The van der Waals surface area contributed by atoms with E-state index in [1.165, 1.54) is 5.56 Å². The Morgan fingerprint density at radius 3 is 1.95 bits per heavy atom. The van der Waals surface area contributed by atoms with Gasteiger partial charge in [0.25, 0.3) is 0 Å². The Morgan fingerprint density at radius 2 is 1.50 bits per heavy atom. The summed E-state index contributed by atoms with van der Waals surface area (Å²) in [6, 6.07) is 7.26. The fourth-order valence-electron chi connectivity index (χ4n) is 5.27. The Hall–Kier alpha value is -2.27. The first kappa shape index (κ1) is 33.8. The third-order valence-corrected chi connectivity index (χ3v) is 7.82. The number of benzene rings is 1. The van der Waals surface area contributed by atoms with Gasteiger partial charge in [0.05, 0.1) is 12.1 Å². The van der Waals surface area contributed by atoms with Gasteiger partial charge in [0, 0.05) is 11.3 Å². The molecule has 5 heteroatoms. The second kappa shape index (κ2) is 13.7. The highest BCUT2D eigenvalue weighted by Gasteiger charge is 2.42. The minimum absolute atomic E-state index is 0.00697. The van der Waals surface area contributed by atoms with Gasteiger partial charge in [-0.3, -0.25) is 14.4 Å². The summed E-state index contributed by atoms with van der Waals surface area (Å²) in [5.41, 5.74) is 2.01. The number of nitrogens with one attached hydrogen (secondary N) is 2. The van der Waals surface area contributed by atoms with Crippen LogP contribution < -0.4 is 10.6 Å². The summed E-state index contributed by atoms with van der Waals surface area (Å²) >= 11 is 0. The van der Waals surface area contributed by atoms with Gasteiger partial charge in [-0.25, -0.2) is 0 Å². The van der Waals surface area contributed by atoms with Crippen LogP contribution in [0.1, 0.15) is 94.2 Å². The third-order valence-electron chi connectivity index (χ3n) is 7.82. The minimum atomic E-state index is -0.670. The average Bonchev–Trinajstić information content (AvgIpc) is 2.78. The van der Waals surface area contributed by atoms with Crippen LogP contribution in [0.5, 0.6) is 0 Å². The molecule has 0 aliphatic carbocycles. The Labute approximate surface area is 232 Å². The topological polar surface area (TPSA) is 75.3 Å². The quantitative estimate of drug-likeness (QED) is 0.296. The van der Waals surface area contributed by atoms with E-state index in [0.717, 1.165) is 12.0 Å². The molecule has 0 aliphatic heterocycles. The van der Waals surface area contributed by atoms with Crippen LogP contribution in [0.2, 0.25) is 0 Å². The Balaban J connectivity index is 3.34. The zero-order valence-electron chi connectivity index (χ0n) is 26.3. The number of hydrogen-bond acceptors (Lipinski definition) is 4. The lowest BCUT2D eigenvalue weighted by atomic mass is 9.73. The number of hydrogen-bond donors (Lipinski definition) is 2. The molecule has 2 N–H and O–H groups in total. The summed E-state index contributed by atoms with van der Waals surface area (Å²) < 4.78 is 0. The Kier molecular flexibility index (Phi) is 12.2. The van der Waals surface area contributed by atoms with Crippen molar-refractivity contribution in [2.45, 2.75) is 107 Å². The number of carbonyl (C=O) groups is 3. The van der Waals surface area contributed by atoms with Crippen molar-refractivity contribution < 1.29 is 14.4 Å². The first-order valence-electron chi connectivity index (χ1n) is 14.1. The molecule has 1 rings (SSSR count). The molecule has 0 saturated carbocycles. The first-order valence-corrected chi connectivity index (χ1v) is 14.1. The highest BCUT2D eigenvalue weighted by Crippen LogP contribution is 2.32. The molecule has 38 heavy (non-hydrogen) atoms. The van der Waals surface area contributed by atoms with Gasteiger partial charge in [0.2, 0.25) is 5.91 Å². The smallest absolute Gasteiger partial charge is 0.238 e. The van der Waals surface area contributed by atoms with Gasteiger partial charge in [0.15, 0.2) is 11.6 Å². The van der Waals surface area contributed by atoms with E-state index in [-0.39, 0.29) is 35.2 Å². The molecule has 0 heterocycles. The standard InChI is InChI=1S/C33H54N2O3/c1-20(2)17-25-15-14-16-26(19-25)33(11,12)30(34-13)31(38)35-29(32(8,9)10)28(37)23(6)27(21(3)4)18-22(5)24(7)36/h14-16,18-21,23,27,29-30,34H,17H2,1-13H3,(H,35,38)/b22-18+/t23?,27-,29-,30?/m1/s1. The fourth-order valence-corrected chi connectivity index (χ4v) is 5.27. The molecular weight excluding hydrogens is 472 g/mol. The molecule has 1 aromatic rings. The molecule has 0 fully saturated rings.